The van der Waals surface area contributed by atoms with Gasteiger partial charge < -0.3 is 16.2 Å². The average Bonchev–Trinajstić information content (AvgIpc) is 2.15. The summed E-state index contributed by atoms with van der Waals surface area (Å²) in [4.78, 5) is 8.09. The quantitative estimate of drug-likeness (QED) is 0.721. The molecule has 0 aliphatic carbocycles. The van der Waals surface area contributed by atoms with Crippen molar-refractivity contribution < 1.29 is 4.74 Å². The predicted molar refractivity (Wildman–Crippen MR) is 55.1 cm³/mol. The van der Waals surface area contributed by atoms with Gasteiger partial charge in [-0.2, -0.15) is 4.98 Å². The molecule has 78 valence electrons. The Balaban J connectivity index is 2.99. The molecule has 5 heteroatoms. The normalized spacial score (nSPS) is 10.2. The van der Waals surface area contributed by atoms with Crippen molar-refractivity contribution in [3.63, 3.8) is 0 Å². The molecule has 0 saturated heterocycles. The molecule has 0 unspecified atom stereocenters. The van der Waals surface area contributed by atoms with Crippen LogP contribution in [0.3, 0.4) is 0 Å². The van der Waals surface area contributed by atoms with Gasteiger partial charge in [-0.3, -0.25) is 0 Å². The topological polar surface area (TPSA) is 87.0 Å². The highest BCUT2D eigenvalue weighted by molar-refractivity contribution is 5.35. The number of nitrogens with zero attached hydrogens (tertiary/aromatic N) is 2. The molecule has 1 heterocycles. The lowest BCUT2D eigenvalue weighted by atomic mass is 10.1. The Labute approximate surface area is 83.5 Å². The van der Waals surface area contributed by atoms with Crippen LogP contribution in [-0.2, 0) is 6.42 Å². The standard InChI is InChI=1S/C9H16N4O/c1-6-7(4-3-5-10)8(14-2)13-9(11)12-6/h3-5,10H2,1-2H3,(H2,11,12,13). The number of methoxy groups -OCH3 is 1. The number of hydrogen-bond donors (Lipinski definition) is 2. The third-order valence-electron chi connectivity index (χ3n) is 2.02. The van der Waals surface area contributed by atoms with Gasteiger partial charge in [0.15, 0.2) is 0 Å². The number of nitrogens with two attached hydrogens (primary N) is 2. The van der Waals surface area contributed by atoms with Crippen LogP contribution in [0.4, 0.5) is 5.95 Å². The SMILES string of the molecule is COc1nc(N)nc(C)c1CCCN. The van der Waals surface area contributed by atoms with Crippen LogP contribution in [0.1, 0.15) is 17.7 Å². The second-order valence-electron chi connectivity index (χ2n) is 3.05. The molecule has 0 fully saturated rings. The molecule has 1 aromatic heterocycles. The van der Waals surface area contributed by atoms with Crippen LogP contribution < -0.4 is 16.2 Å². The van der Waals surface area contributed by atoms with Crippen LogP contribution >= 0.6 is 0 Å². The first kappa shape index (κ1) is 10.7. The fourth-order valence-corrected chi connectivity index (χ4v) is 1.33. The Hall–Kier alpha value is -1.36. The van der Waals surface area contributed by atoms with E-state index in [2.05, 4.69) is 9.97 Å². The number of hydrogen-bond acceptors (Lipinski definition) is 5. The molecule has 5 nitrogen and oxygen atoms in total. The number of ether oxygens (including phenoxy) is 1. The average molecular weight is 196 g/mol. The van der Waals surface area contributed by atoms with Gasteiger partial charge in [0.2, 0.25) is 11.8 Å². The van der Waals surface area contributed by atoms with Crippen LogP contribution in [0.15, 0.2) is 0 Å². The summed E-state index contributed by atoms with van der Waals surface area (Å²) in [5, 5.41) is 0. The van der Waals surface area contributed by atoms with Crippen molar-refractivity contribution in [1.29, 1.82) is 0 Å². The highest BCUT2D eigenvalue weighted by Crippen LogP contribution is 2.20. The first-order chi connectivity index (χ1) is 6.69. The van der Waals surface area contributed by atoms with Crippen molar-refractivity contribution >= 4 is 5.95 Å². The van der Waals surface area contributed by atoms with Gasteiger partial charge in [0.25, 0.3) is 0 Å². The molecule has 0 atom stereocenters. The molecule has 0 radical (unpaired) electrons. The van der Waals surface area contributed by atoms with E-state index in [1.165, 1.54) is 0 Å². The fourth-order valence-electron chi connectivity index (χ4n) is 1.33. The third kappa shape index (κ3) is 2.32. The Morgan fingerprint density at radius 3 is 2.64 bits per heavy atom. The first-order valence-electron chi connectivity index (χ1n) is 4.56. The summed E-state index contributed by atoms with van der Waals surface area (Å²) < 4.78 is 5.13. The maximum absolute atomic E-state index is 5.51. The van der Waals surface area contributed by atoms with E-state index in [0.29, 0.717) is 12.4 Å². The zero-order chi connectivity index (χ0) is 10.6. The van der Waals surface area contributed by atoms with E-state index < -0.39 is 0 Å². The lowest BCUT2D eigenvalue weighted by Gasteiger charge is -2.09. The van der Waals surface area contributed by atoms with Gasteiger partial charge in [-0.25, -0.2) is 4.98 Å². The van der Waals surface area contributed by atoms with Crippen LogP contribution in [0.5, 0.6) is 5.88 Å². The summed E-state index contributed by atoms with van der Waals surface area (Å²) in [6.07, 6.45) is 1.72. The molecular weight excluding hydrogens is 180 g/mol. The minimum atomic E-state index is 0.246. The van der Waals surface area contributed by atoms with Gasteiger partial charge in [0.1, 0.15) is 0 Å². The molecule has 0 spiro atoms. The zero-order valence-electron chi connectivity index (χ0n) is 8.58. The lowest BCUT2D eigenvalue weighted by molar-refractivity contribution is 0.391. The van der Waals surface area contributed by atoms with Crippen molar-refractivity contribution in [2.75, 3.05) is 19.4 Å². The zero-order valence-corrected chi connectivity index (χ0v) is 8.58. The van der Waals surface area contributed by atoms with E-state index in [0.717, 1.165) is 24.1 Å². The number of anilines is 1. The Morgan fingerprint density at radius 1 is 1.36 bits per heavy atom. The number of rotatable bonds is 4. The predicted octanol–water partition coefficient (Wildman–Crippen LogP) is 0.267. The molecular formula is C9H16N4O. The monoisotopic (exact) mass is 196 g/mol. The summed E-state index contributed by atoms with van der Waals surface area (Å²) >= 11 is 0. The Bertz CT molecular complexity index is 314. The second-order valence-corrected chi connectivity index (χ2v) is 3.05. The van der Waals surface area contributed by atoms with Crippen molar-refractivity contribution in [1.82, 2.24) is 9.97 Å². The first-order valence-corrected chi connectivity index (χ1v) is 4.56. The Morgan fingerprint density at radius 2 is 2.07 bits per heavy atom. The summed E-state index contributed by atoms with van der Waals surface area (Å²) in [7, 11) is 1.58. The highest BCUT2D eigenvalue weighted by atomic mass is 16.5. The maximum atomic E-state index is 5.51. The number of aryl methyl sites for hydroxylation is 1. The van der Waals surface area contributed by atoms with Gasteiger partial charge in [0.05, 0.1) is 7.11 Å². The van der Waals surface area contributed by atoms with E-state index in [1.54, 1.807) is 7.11 Å². The minimum Gasteiger partial charge on any atom is -0.481 e. The van der Waals surface area contributed by atoms with Gasteiger partial charge in [-0.1, -0.05) is 0 Å². The molecule has 0 bridgehead atoms. The fraction of sp³-hybridized carbons (Fsp3) is 0.556. The van der Waals surface area contributed by atoms with E-state index >= 15 is 0 Å². The highest BCUT2D eigenvalue weighted by Gasteiger charge is 2.09. The van der Waals surface area contributed by atoms with Gasteiger partial charge in [-0.15, -0.1) is 0 Å². The van der Waals surface area contributed by atoms with Crippen LogP contribution in [-0.4, -0.2) is 23.6 Å². The number of aromatic nitrogens is 2. The van der Waals surface area contributed by atoms with Gasteiger partial charge in [-0.05, 0) is 26.3 Å². The van der Waals surface area contributed by atoms with E-state index in [1.807, 2.05) is 6.92 Å². The molecule has 0 saturated carbocycles. The molecule has 0 amide bonds. The molecule has 0 aliphatic heterocycles. The van der Waals surface area contributed by atoms with Crippen LogP contribution in [0.2, 0.25) is 0 Å². The van der Waals surface area contributed by atoms with Crippen LogP contribution in [0, 0.1) is 6.92 Å². The van der Waals surface area contributed by atoms with Crippen molar-refractivity contribution in [3.05, 3.63) is 11.3 Å². The summed E-state index contributed by atoms with van der Waals surface area (Å²) in [5.74, 6) is 0.805. The summed E-state index contributed by atoms with van der Waals surface area (Å²) in [6, 6.07) is 0. The van der Waals surface area contributed by atoms with Crippen molar-refractivity contribution in [2.45, 2.75) is 19.8 Å². The van der Waals surface area contributed by atoms with Crippen LogP contribution in [0.25, 0.3) is 0 Å². The van der Waals surface area contributed by atoms with Crippen molar-refractivity contribution in [3.8, 4) is 5.88 Å². The van der Waals surface area contributed by atoms with E-state index in [9.17, 15) is 0 Å². The third-order valence-corrected chi connectivity index (χ3v) is 2.02. The molecule has 0 aromatic carbocycles. The van der Waals surface area contributed by atoms with Crippen molar-refractivity contribution in [2.24, 2.45) is 5.73 Å². The van der Waals surface area contributed by atoms with Gasteiger partial charge >= 0.3 is 0 Å². The van der Waals surface area contributed by atoms with Gasteiger partial charge in [0, 0.05) is 11.3 Å². The number of nitrogen functional groups attached to an aromatic ring is 1. The van der Waals surface area contributed by atoms with E-state index in [-0.39, 0.29) is 5.95 Å². The molecule has 14 heavy (non-hydrogen) atoms. The largest absolute Gasteiger partial charge is 0.481 e. The summed E-state index contributed by atoms with van der Waals surface area (Å²) in [6.45, 7) is 2.54. The smallest absolute Gasteiger partial charge is 0.223 e. The molecule has 1 rings (SSSR count). The molecule has 0 aliphatic rings. The summed E-state index contributed by atoms with van der Waals surface area (Å²) in [5.41, 5.74) is 12.8. The van der Waals surface area contributed by atoms with E-state index in [4.69, 9.17) is 16.2 Å². The molecule has 1 aromatic rings. The lowest BCUT2D eigenvalue weighted by Crippen LogP contribution is -2.07. The second kappa shape index (κ2) is 4.76. The Kier molecular flexibility index (Phi) is 3.64. The maximum Gasteiger partial charge on any atom is 0.223 e. The molecule has 4 N–H and O–H groups in total. The minimum absolute atomic E-state index is 0.246.